The third kappa shape index (κ3) is 3.19. The maximum Gasteiger partial charge on any atom is 0.269 e. The van der Waals surface area contributed by atoms with Crippen LogP contribution in [0.25, 0.3) is 0 Å². The van der Waals surface area contributed by atoms with Crippen molar-refractivity contribution >= 4 is 22.2 Å². The fourth-order valence-electron chi connectivity index (χ4n) is 2.37. The second kappa shape index (κ2) is 6.19. The highest BCUT2D eigenvalue weighted by Gasteiger charge is 2.13. The van der Waals surface area contributed by atoms with Crippen LogP contribution in [-0.2, 0) is 6.54 Å². The molecule has 0 radical (unpaired) electrons. The first kappa shape index (κ1) is 14.0. The number of piperidine rings is 1. The van der Waals surface area contributed by atoms with Gasteiger partial charge < -0.3 is 4.90 Å². The zero-order chi connectivity index (χ0) is 14.7. The molecule has 0 aromatic carbocycles. The van der Waals surface area contributed by atoms with E-state index in [1.807, 2.05) is 0 Å². The molecule has 0 amide bonds. The quantitative estimate of drug-likeness (QED) is 0.623. The largest absolute Gasteiger partial charge is 0.370 e. The van der Waals surface area contributed by atoms with E-state index in [0.717, 1.165) is 18.8 Å². The van der Waals surface area contributed by atoms with E-state index in [1.165, 1.54) is 35.3 Å². The van der Waals surface area contributed by atoms with E-state index in [0.29, 0.717) is 16.7 Å². The normalized spacial score (nSPS) is 15.2. The molecule has 0 spiro atoms. The number of nitrogen functional groups attached to an aromatic ring is 1. The van der Waals surface area contributed by atoms with Gasteiger partial charge in [0.05, 0.1) is 18.4 Å². The molecule has 0 aliphatic carbocycles. The molecule has 21 heavy (non-hydrogen) atoms. The summed E-state index contributed by atoms with van der Waals surface area (Å²) in [7, 11) is 0. The summed E-state index contributed by atoms with van der Waals surface area (Å²) in [6.07, 6.45) is 5.34. The predicted molar refractivity (Wildman–Crippen MR) is 81.4 cm³/mol. The molecular weight excluding hydrogens is 290 g/mol. The molecule has 0 atom stereocenters. The van der Waals surface area contributed by atoms with Crippen molar-refractivity contribution in [1.29, 1.82) is 0 Å². The lowest BCUT2D eigenvalue weighted by Crippen LogP contribution is -2.32. The fourth-order valence-corrected chi connectivity index (χ4v) is 3.00. The van der Waals surface area contributed by atoms with Gasteiger partial charge in [-0.3, -0.25) is 10.2 Å². The first-order chi connectivity index (χ1) is 10.3. The van der Waals surface area contributed by atoms with E-state index in [1.54, 1.807) is 12.3 Å². The minimum absolute atomic E-state index is 0.129. The Morgan fingerprint density at radius 3 is 2.76 bits per heavy atom. The smallest absolute Gasteiger partial charge is 0.269 e. The van der Waals surface area contributed by atoms with Crippen molar-refractivity contribution in [3.05, 3.63) is 27.6 Å². The van der Waals surface area contributed by atoms with E-state index in [4.69, 9.17) is 5.84 Å². The summed E-state index contributed by atoms with van der Waals surface area (Å²) >= 11 is 1.30. The monoisotopic (exact) mass is 307 g/mol. The SMILES string of the molecule is NNc1nnc(Cn2ncc(N3CCCCC3)cc2=O)s1. The minimum Gasteiger partial charge on any atom is -0.370 e. The van der Waals surface area contributed by atoms with Crippen molar-refractivity contribution in [1.82, 2.24) is 20.0 Å². The average molecular weight is 307 g/mol. The third-order valence-corrected chi connectivity index (χ3v) is 4.29. The number of nitrogens with one attached hydrogen (secondary N) is 1. The van der Waals surface area contributed by atoms with Crippen LogP contribution >= 0.6 is 11.3 Å². The Balaban J connectivity index is 1.76. The van der Waals surface area contributed by atoms with Crippen LogP contribution in [-0.4, -0.2) is 33.1 Å². The minimum atomic E-state index is -0.129. The highest BCUT2D eigenvalue weighted by Crippen LogP contribution is 2.17. The van der Waals surface area contributed by atoms with Crippen molar-refractivity contribution < 1.29 is 0 Å². The topological polar surface area (TPSA) is 102 Å². The molecule has 3 N–H and O–H groups in total. The molecule has 1 saturated heterocycles. The molecule has 0 saturated carbocycles. The van der Waals surface area contributed by atoms with Gasteiger partial charge in [0.15, 0.2) is 0 Å². The fraction of sp³-hybridized carbons (Fsp3) is 0.500. The van der Waals surface area contributed by atoms with Crippen molar-refractivity contribution in [2.45, 2.75) is 25.8 Å². The molecule has 2 aromatic heterocycles. The maximum absolute atomic E-state index is 12.2. The molecule has 0 unspecified atom stereocenters. The molecule has 1 fully saturated rings. The summed E-state index contributed by atoms with van der Waals surface area (Å²) in [6, 6.07) is 1.64. The Bertz CT molecular complexity index is 662. The summed E-state index contributed by atoms with van der Waals surface area (Å²) < 4.78 is 1.38. The second-order valence-electron chi connectivity index (χ2n) is 4.90. The van der Waals surface area contributed by atoms with Crippen LogP contribution in [0.5, 0.6) is 0 Å². The third-order valence-electron chi connectivity index (χ3n) is 3.45. The van der Waals surface area contributed by atoms with Crippen LogP contribution in [0.3, 0.4) is 0 Å². The highest BCUT2D eigenvalue weighted by molar-refractivity contribution is 7.15. The first-order valence-corrected chi connectivity index (χ1v) is 7.69. The number of hydrazine groups is 1. The number of aromatic nitrogens is 4. The van der Waals surface area contributed by atoms with Gasteiger partial charge in [-0.2, -0.15) is 5.10 Å². The number of hydrogen-bond donors (Lipinski definition) is 2. The molecule has 8 nitrogen and oxygen atoms in total. The van der Waals surface area contributed by atoms with Gasteiger partial charge in [0.2, 0.25) is 5.13 Å². The van der Waals surface area contributed by atoms with E-state index in [2.05, 4.69) is 25.6 Å². The summed E-state index contributed by atoms with van der Waals surface area (Å²) in [5.41, 5.74) is 3.20. The molecule has 3 rings (SSSR count). The van der Waals surface area contributed by atoms with Gasteiger partial charge in [0, 0.05) is 19.2 Å². The summed E-state index contributed by atoms with van der Waals surface area (Å²) in [5, 5.41) is 13.2. The van der Waals surface area contributed by atoms with E-state index in [9.17, 15) is 4.79 Å². The Kier molecular flexibility index (Phi) is 4.11. The lowest BCUT2D eigenvalue weighted by atomic mass is 10.1. The van der Waals surface area contributed by atoms with Crippen molar-refractivity contribution in [2.24, 2.45) is 5.84 Å². The van der Waals surface area contributed by atoms with Crippen LogP contribution in [0.15, 0.2) is 17.1 Å². The van der Waals surface area contributed by atoms with Gasteiger partial charge in [-0.15, -0.1) is 10.2 Å². The lowest BCUT2D eigenvalue weighted by Gasteiger charge is -2.28. The second-order valence-corrected chi connectivity index (χ2v) is 5.96. The molecular formula is C12H17N7OS. The number of nitrogens with zero attached hydrogens (tertiary/aromatic N) is 5. The number of anilines is 2. The molecule has 9 heteroatoms. The zero-order valence-corrected chi connectivity index (χ0v) is 12.3. The molecule has 1 aliphatic heterocycles. The predicted octanol–water partition coefficient (Wildman–Crippen LogP) is 0.419. The summed E-state index contributed by atoms with van der Waals surface area (Å²) in [6.45, 7) is 2.29. The van der Waals surface area contributed by atoms with Gasteiger partial charge in [0.1, 0.15) is 5.01 Å². The van der Waals surface area contributed by atoms with Crippen LogP contribution in [0.4, 0.5) is 10.8 Å². The Hall–Kier alpha value is -2.00. The van der Waals surface area contributed by atoms with E-state index < -0.39 is 0 Å². The van der Waals surface area contributed by atoms with E-state index in [-0.39, 0.29) is 5.56 Å². The van der Waals surface area contributed by atoms with Gasteiger partial charge in [-0.1, -0.05) is 11.3 Å². The van der Waals surface area contributed by atoms with Gasteiger partial charge >= 0.3 is 0 Å². The lowest BCUT2D eigenvalue weighted by molar-refractivity contribution is 0.571. The summed E-state index contributed by atoms with van der Waals surface area (Å²) in [5.74, 6) is 5.26. The Labute approximate surface area is 125 Å². The van der Waals surface area contributed by atoms with Crippen LogP contribution in [0, 0.1) is 0 Å². The number of hydrogen-bond acceptors (Lipinski definition) is 8. The zero-order valence-electron chi connectivity index (χ0n) is 11.5. The van der Waals surface area contributed by atoms with Gasteiger partial charge in [-0.05, 0) is 19.3 Å². The summed E-state index contributed by atoms with van der Waals surface area (Å²) in [4.78, 5) is 14.4. The van der Waals surface area contributed by atoms with Gasteiger partial charge in [0.25, 0.3) is 5.56 Å². The first-order valence-electron chi connectivity index (χ1n) is 6.87. The molecule has 2 aromatic rings. The van der Waals surface area contributed by atoms with Gasteiger partial charge in [-0.25, -0.2) is 10.5 Å². The Morgan fingerprint density at radius 2 is 2.10 bits per heavy atom. The van der Waals surface area contributed by atoms with Crippen LogP contribution in [0.2, 0.25) is 0 Å². The number of nitrogens with two attached hydrogens (primary N) is 1. The van der Waals surface area contributed by atoms with Crippen molar-refractivity contribution in [2.75, 3.05) is 23.4 Å². The van der Waals surface area contributed by atoms with Crippen molar-refractivity contribution in [3.8, 4) is 0 Å². The molecule has 112 valence electrons. The molecule has 1 aliphatic rings. The highest BCUT2D eigenvalue weighted by atomic mass is 32.1. The van der Waals surface area contributed by atoms with Crippen LogP contribution < -0.4 is 21.7 Å². The molecule has 0 bridgehead atoms. The van der Waals surface area contributed by atoms with E-state index >= 15 is 0 Å². The number of rotatable bonds is 4. The molecule has 3 heterocycles. The van der Waals surface area contributed by atoms with Crippen LogP contribution in [0.1, 0.15) is 24.3 Å². The maximum atomic E-state index is 12.2. The average Bonchev–Trinajstić information content (AvgIpc) is 2.98. The Morgan fingerprint density at radius 1 is 1.29 bits per heavy atom. The van der Waals surface area contributed by atoms with Crippen molar-refractivity contribution in [3.63, 3.8) is 0 Å². The standard InChI is InChI=1S/C12H17N7OS/c13-15-12-17-16-10(21-12)8-19-11(20)6-9(7-14-19)18-4-2-1-3-5-18/h6-7H,1-5,8,13H2,(H,15,17).